The third-order valence-electron chi connectivity index (χ3n) is 4.47. The number of nitrogens with zero attached hydrogens (tertiary/aromatic N) is 4. The number of aliphatic carboxylic acids is 1. The monoisotopic (exact) mass is 436 g/mol. The first-order chi connectivity index (χ1) is 14.0. The van der Waals surface area contributed by atoms with Gasteiger partial charge in [0.25, 0.3) is 11.8 Å². The Morgan fingerprint density at radius 2 is 2.28 bits per heavy atom. The summed E-state index contributed by atoms with van der Waals surface area (Å²) in [5.41, 5.74) is 5.33. The number of thioether (sulfide) groups is 1. The summed E-state index contributed by atoms with van der Waals surface area (Å²) >= 11 is 2.26. The zero-order valence-electron chi connectivity index (χ0n) is 14.8. The van der Waals surface area contributed by atoms with Crippen molar-refractivity contribution >= 4 is 51.9 Å². The third kappa shape index (κ3) is 3.70. The van der Waals surface area contributed by atoms with E-state index in [9.17, 15) is 19.5 Å². The molecular formula is C16H16N6O5S2. The zero-order chi connectivity index (χ0) is 20.5. The zero-order valence-corrected chi connectivity index (χ0v) is 16.5. The van der Waals surface area contributed by atoms with Crippen LogP contribution in [0.25, 0.3) is 0 Å². The number of amides is 2. The van der Waals surface area contributed by atoms with Crippen molar-refractivity contribution < 1.29 is 24.3 Å². The van der Waals surface area contributed by atoms with E-state index in [1.54, 1.807) is 0 Å². The molecule has 1 aliphatic carbocycles. The number of carboxylic acids is 1. The van der Waals surface area contributed by atoms with E-state index in [4.69, 9.17) is 10.6 Å². The van der Waals surface area contributed by atoms with Crippen LogP contribution in [0.15, 0.2) is 29.1 Å². The predicted molar refractivity (Wildman–Crippen MR) is 105 cm³/mol. The van der Waals surface area contributed by atoms with Gasteiger partial charge in [0.2, 0.25) is 11.5 Å². The molecule has 1 fully saturated rings. The summed E-state index contributed by atoms with van der Waals surface area (Å²) in [4.78, 5) is 47.1. The van der Waals surface area contributed by atoms with Crippen LogP contribution in [0.5, 0.6) is 0 Å². The number of anilines is 1. The van der Waals surface area contributed by atoms with Crippen LogP contribution in [0, 0.1) is 0 Å². The molecule has 29 heavy (non-hydrogen) atoms. The number of β-lactam (4-membered cyclic amide) rings is 1. The van der Waals surface area contributed by atoms with Crippen LogP contribution in [-0.2, 0) is 19.2 Å². The minimum absolute atomic E-state index is 0.00183. The maximum atomic E-state index is 12.8. The van der Waals surface area contributed by atoms with Gasteiger partial charge in [-0.3, -0.25) is 14.5 Å². The van der Waals surface area contributed by atoms with Crippen LogP contribution in [0.2, 0.25) is 0 Å². The number of carboxylic acid groups (broad SMARTS) is 1. The number of hydrogen-bond acceptors (Lipinski definition) is 10. The van der Waals surface area contributed by atoms with Crippen molar-refractivity contribution in [3.05, 3.63) is 29.7 Å². The molecule has 2 amide bonds. The Hall–Kier alpha value is -2.93. The maximum absolute atomic E-state index is 12.8. The highest BCUT2D eigenvalue weighted by molar-refractivity contribution is 8.00. The van der Waals surface area contributed by atoms with Gasteiger partial charge in [0.05, 0.1) is 0 Å². The second-order valence-electron chi connectivity index (χ2n) is 6.32. The number of rotatable bonds is 6. The molecule has 3 aliphatic rings. The van der Waals surface area contributed by atoms with Crippen molar-refractivity contribution in [3.8, 4) is 0 Å². The summed E-state index contributed by atoms with van der Waals surface area (Å²) in [7, 11) is 0. The molecule has 2 aliphatic heterocycles. The topological polar surface area (TPSA) is 160 Å². The highest BCUT2D eigenvalue weighted by Gasteiger charge is 2.53. The number of aromatic nitrogens is 2. The van der Waals surface area contributed by atoms with Gasteiger partial charge in [0.1, 0.15) is 23.2 Å². The Morgan fingerprint density at radius 3 is 2.93 bits per heavy atom. The first-order valence-electron chi connectivity index (χ1n) is 8.64. The highest BCUT2D eigenvalue weighted by Crippen LogP contribution is 2.37. The van der Waals surface area contributed by atoms with Gasteiger partial charge in [-0.15, -0.1) is 11.8 Å². The molecule has 0 radical (unpaired) electrons. The Bertz CT molecular complexity index is 957. The van der Waals surface area contributed by atoms with Crippen LogP contribution < -0.4 is 11.1 Å². The molecule has 3 heterocycles. The van der Waals surface area contributed by atoms with E-state index in [2.05, 4.69) is 19.8 Å². The lowest BCUT2D eigenvalue weighted by Gasteiger charge is -2.48. The van der Waals surface area contributed by atoms with Gasteiger partial charge >= 0.3 is 5.97 Å². The van der Waals surface area contributed by atoms with Crippen LogP contribution >= 0.6 is 23.3 Å². The van der Waals surface area contributed by atoms with Crippen LogP contribution in [0.1, 0.15) is 18.7 Å². The smallest absolute Gasteiger partial charge is 0.352 e. The number of allylic oxidation sites excluding steroid dienone is 1. The van der Waals surface area contributed by atoms with E-state index in [1.165, 1.54) is 17.8 Å². The summed E-state index contributed by atoms with van der Waals surface area (Å²) in [5, 5.41) is 15.4. The Kier molecular flexibility index (Phi) is 5.24. The number of fused-ring (bicyclic) bond motifs is 1. The van der Waals surface area contributed by atoms with E-state index in [-0.39, 0.29) is 28.5 Å². The quantitative estimate of drug-likeness (QED) is 0.240. The van der Waals surface area contributed by atoms with E-state index in [1.807, 2.05) is 12.2 Å². The van der Waals surface area contributed by atoms with E-state index < -0.39 is 29.2 Å². The first kappa shape index (κ1) is 19.4. The molecule has 4 N–H and O–H groups in total. The molecule has 0 bridgehead atoms. The SMILES string of the molecule is Nc1nc(/C(=N/OC2C=CCC2)C(=O)NC2C(=O)N3C(C(=O)O)=CCS[C@H]23)ns1. The molecule has 152 valence electrons. The minimum Gasteiger partial charge on any atom is -0.477 e. The van der Waals surface area contributed by atoms with Crippen LogP contribution in [0.3, 0.4) is 0 Å². The predicted octanol–water partition coefficient (Wildman–Crippen LogP) is -0.0720. The molecule has 0 saturated carbocycles. The lowest BCUT2D eigenvalue weighted by Crippen LogP contribution is -2.70. The fourth-order valence-corrected chi connectivity index (χ4v) is 4.71. The normalized spacial score (nSPS) is 25.9. The first-order valence-corrected chi connectivity index (χ1v) is 10.5. The molecule has 11 nitrogen and oxygen atoms in total. The molecule has 2 unspecified atom stereocenters. The third-order valence-corrected chi connectivity index (χ3v) is 6.19. The summed E-state index contributed by atoms with van der Waals surface area (Å²) in [6, 6.07) is -0.886. The number of hydrogen-bond donors (Lipinski definition) is 3. The Morgan fingerprint density at radius 1 is 1.45 bits per heavy atom. The Balaban J connectivity index is 1.50. The summed E-state index contributed by atoms with van der Waals surface area (Å²) in [6.07, 6.45) is 6.60. The largest absolute Gasteiger partial charge is 0.477 e. The van der Waals surface area contributed by atoms with Gasteiger partial charge in [-0.2, -0.15) is 9.36 Å². The van der Waals surface area contributed by atoms with E-state index in [0.717, 1.165) is 29.3 Å². The standard InChI is InChI=1S/C16H16N6O5S2/c17-16-19-11(21-29-16)9(20-27-7-3-1-2-4-7)12(23)18-10-13(24)22-8(15(25)26)5-6-28-14(10)22/h1,3,5,7,10,14H,2,4,6H2,(H,18,23)(H,25,26)(H2,17,19,21)/b20-9-/t7?,10?,14-/m1/s1. The van der Waals surface area contributed by atoms with Crippen molar-refractivity contribution in [2.24, 2.45) is 5.16 Å². The lowest BCUT2D eigenvalue weighted by molar-refractivity contribution is -0.150. The fourth-order valence-electron chi connectivity index (χ4n) is 3.08. The van der Waals surface area contributed by atoms with Crippen LogP contribution in [0.4, 0.5) is 5.13 Å². The molecule has 0 aromatic carbocycles. The van der Waals surface area contributed by atoms with Crippen molar-refractivity contribution in [1.82, 2.24) is 19.6 Å². The highest BCUT2D eigenvalue weighted by atomic mass is 32.2. The number of carbonyl (C=O) groups is 3. The summed E-state index contributed by atoms with van der Waals surface area (Å²) < 4.78 is 4.00. The van der Waals surface area contributed by atoms with Gasteiger partial charge in [-0.1, -0.05) is 11.2 Å². The molecule has 0 spiro atoms. The second kappa shape index (κ2) is 7.83. The molecular weight excluding hydrogens is 420 g/mol. The molecule has 1 aromatic heterocycles. The van der Waals surface area contributed by atoms with Gasteiger partial charge < -0.3 is 21.0 Å². The van der Waals surface area contributed by atoms with Crippen molar-refractivity contribution in [2.45, 2.75) is 30.4 Å². The maximum Gasteiger partial charge on any atom is 0.352 e. The van der Waals surface area contributed by atoms with E-state index in [0.29, 0.717) is 5.75 Å². The fraction of sp³-hybridized carbons (Fsp3) is 0.375. The van der Waals surface area contributed by atoms with Gasteiger partial charge in [0.15, 0.2) is 5.13 Å². The van der Waals surface area contributed by atoms with Gasteiger partial charge in [-0.05, 0) is 25.0 Å². The van der Waals surface area contributed by atoms with Crippen molar-refractivity contribution in [3.63, 3.8) is 0 Å². The minimum atomic E-state index is -1.18. The van der Waals surface area contributed by atoms with Gasteiger partial charge in [0, 0.05) is 17.3 Å². The van der Waals surface area contributed by atoms with Crippen LogP contribution in [-0.4, -0.2) is 66.1 Å². The molecule has 1 saturated heterocycles. The summed E-state index contributed by atoms with van der Waals surface area (Å²) in [6.45, 7) is 0. The molecule has 3 atom stereocenters. The van der Waals surface area contributed by atoms with Gasteiger partial charge in [-0.25, -0.2) is 4.79 Å². The second-order valence-corrected chi connectivity index (χ2v) is 8.26. The number of oxime groups is 1. The molecule has 13 heteroatoms. The van der Waals surface area contributed by atoms with Crippen molar-refractivity contribution in [2.75, 3.05) is 11.5 Å². The summed E-state index contributed by atoms with van der Waals surface area (Å²) in [5.74, 6) is -1.97. The van der Waals surface area contributed by atoms with Crippen molar-refractivity contribution in [1.29, 1.82) is 0 Å². The number of nitrogens with one attached hydrogen (secondary N) is 1. The Labute approximate surface area is 172 Å². The number of nitrogen functional groups attached to an aromatic ring is 1. The van der Waals surface area contributed by atoms with E-state index >= 15 is 0 Å². The average molecular weight is 436 g/mol. The molecule has 1 aromatic rings. The number of carbonyl (C=O) groups excluding carboxylic acids is 2. The molecule has 4 rings (SSSR count). The average Bonchev–Trinajstić information content (AvgIpc) is 3.37. The number of nitrogens with two attached hydrogens (primary N) is 1. The lowest BCUT2D eigenvalue weighted by atomic mass is 10.0.